The van der Waals surface area contributed by atoms with Crippen LogP contribution >= 0.6 is 0 Å². The molecule has 0 aromatic carbocycles. The van der Waals surface area contributed by atoms with Crippen LogP contribution in [0.1, 0.15) is 39.2 Å². The van der Waals surface area contributed by atoms with Crippen LogP contribution in [0.25, 0.3) is 0 Å². The van der Waals surface area contributed by atoms with Gasteiger partial charge in [-0.15, -0.1) is 0 Å². The Hall–Kier alpha value is -1.16. The zero-order valence-corrected chi connectivity index (χ0v) is 12.2. The van der Waals surface area contributed by atoms with Crippen LogP contribution in [0.3, 0.4) is 0 Å². The second kappa shape index (κ2) is 7.31. The fourth-order valence-corrected chi connectivity index (χ4v) is 1.46. The lowest BCUT2D eigenvalue weighted by molar-refractivity contribution is 0.471. The maximum absolute atomic E-state index is 4.42. The maximum atomic E-state index is 4.42. The Morgan fingerprint density at radius 2 is 1.94 bits per heavy atom. The van der Waals surface area contributed by atoms with Crippen LogP contribution in [0.15, 0.2) is 6.07 Å². The van der Waals surface area contributed by atoms with Gasteiger partial charge in [0.15, 0.2) is 0 Å². The van der Waals surface area contributed by atoms with Crippen molar-refractivity contribution in [1.82, 2.24) is 15.3 Å². The van der Waals surface area contributed by atoms with E-state index in [2.05, 4.69) is 48.3 Å². The van der Waals surface area contributed by atoms with Crippen molar-refractivity contribution < 1.29 is 0 Å². The van der Waals surface area contributed by atoms with Crippen LogP contribution in [0, 0.1) is 12.8 Å². The van der Waals surface area contributed by atoms with Gasteiger partial charge in [-0.05, 0) is 12.8 Å². The zero-order valence-electron chi connectivity index (χ0n) is 12.2. The lowest BCUT2D eigenvalue weighted by Gasteiger charge is -2.28. The summed E-state index contributed by atoms with van der Waals surface area (Å²) in [6.45, 7) is 12.6. The van der Waals surface area contributed by atoms with Gasteiger partial charge in [0, 0.05) is 31.3 Å². The minimum absolute atomic E-state index is 0.536. The summed E-state index contributed by atoms with van der Waals surface area (Å²) in [5.74, 6) is 2.71. The second-order valence-corrected chi connectivity index (χ2v) is 5.40. The maximum Gasteiger partial charge on any atom is 0.130 e. The lowest BCUT2D eigenvalue weighted by Crippen LogP contribution is -2.51. The SMILES string of the molecule is CC(C)C.CCc1nc(C)cc(NC2CNC2)n1. The number of nitrogens with one attached hydrogen (secondary N) is 2. The van der Waals surface area contributed by atoms with Gasteiger partial charge in [-0.2, -0.15) is 0 Å². The number of hydrogen-bond acceptors (Lipinski definition) is 4. The van der Waals surface area contributed by atoms with E-state index in [0.717, 1.165) is 42.8 Å². The fourth-order valence-electron chi connectivity index (χ4n) is 1.46. The zero-order chi connectivity index (χ0) is 13.5. The van der Waals surface area contributed by atoms with E-state index in [1.54, 1.807) is 0 Å². The van der Waals surface area contributed by atoms with Crippen LogP contribution < -0.4 is 10.6 Å². The van der Waals surface area contributed by atoms with Gasteiger partial charge in [0.2, 0.25) is 0 Å². The highest BCUT2D eigenvalue weighted by atomic mass is 15.1. The Morgan fingerprint density at radius 1 is 1.33 bits per heavy atom. The van der Waals surface area contributed by atoms with Crippen molar-refractivity contribution in [3.05, 3.63) is 17.6 Å². The molecule has 102 valence electrons. The van der Waals surface area contributed by atoms with Crippen molar-refractivity contribution in [3.63, 3.8) is 0 Å². The van der Waals surface area contributed by atoms with Crippen molar-refractivity contribution in [2.75, 3.05) is 18.4 Å². The summed E-state index contributed by atoms with van der Waals surface area (Å²) >= 11 is 0. The van der Waals surface area contributed by atoms with Gasteiger partial charge in [-0.1, -0.05) is 27.7 Å². The lowest BCUT2D eigenvalue weighted by atomic mass is 10.2. The van der Waals surface area contributed by atoms with E-state index in [4.69, 9.17) is 0 Å². The summed E-state index contributed by atoms with van der Waals surface area (Å²) in [6, 6.07) is 2.53. The summed E-state index contributed by atoms with van der Waals surface area (Å²) in [7, 11) is 0. The van der Waals surface area contributed by atoms with Crippen LogP contribution in [0.2, 0.25) is 0 Å². The van der Waals surface area contributed by atoms with E-state index in [9.17, 15) is 0 Å². The normalized spacial score (nSPS) is 14.8. The Morgan fingerprint density at radius 3 is 2.39 bits per heavy atom. The molecule has 0 aliphatic carbocycles. The van der Waals surface area contributed by atoms with Gasteiger partial charge in [0.25, 0.3) is 0 Å². The van der Waals surface area contributed by atoms with Crippen LogP contribution in [-0.2, 0) is 6.42 Å². The average Bonchev–Trinajstić information content (AvgIpc) is 2.22. The molecule has 0 amide bonds. The first kappa shape index (κ1) is 14.9. The summed E-state index contributed by atoms with van der Waals surface area (Å²) in [6.07, 6.45) is 0.888. The van der Waals surface area contributed by atoms with Crippen molar-refractivity contribution in [3.8, 4) is 0 Å². The summed E-state index contributed by atoms with van der Waals surface area (Å²) < 4.78 is 0. The third kappa shape index (κ3) is 5.45. The van der Waals surface area contributed by atoms with E-state index in [1.807, 2.05) is 13.0 Å². The number of anilines is 1. The molecule has 1 saturated heterocycles. The minimum atomic E-state index is 0.536. The molecule has 1 aliphatic rings. The second-order valence-electron chi connectivity index (χ2n) is 5.40. The number of aromatic nitrogens is 2. The molecule has 1 fully saturated rings. The molecule has 0 atom stereocenters. The minimum Gasteiger partial charge on any atom is -0.365 e. The van der Waals surface area contributed by atoms with Crippen molar-refractivity contribution in [2.45, 2.75) is 47.1 Å². The summed E-state index contributed by atoms with van der Waals surface area (Å²) in [5.41, 5.74) is 1.03. The largest absolute Gasteiger partial charge is 0.365 e. The Balaban J connectivity index is 0.000000357. The van der Waals surface area contributed by atoms with E-state index < -0.39 is 0 Å². The summed E-state index contributed by atoms with van der Waals surface area (Å²) in [4.78, 5) is 8.76. The Labute approximate surface area is 111 Å². The molecule has 2 heterocycles. The molecule has 0 radical (unpaired) electrons. The molecule has 2 rings (SSSR count). The van der Waals surface area contributed by atoms with Crippen LogP contribution in [0.4, 0.5) is 5.82 Å². The smallest absolute Gasteiger partial charge is 0.130 e. The highest BCUT2D eigenvalue weighted by Gasteiger charge is 2.16. The highest BCUT2D eigenvalue weighted by Crippen LogP contribution is 2.09. The van der Waals surface area contributed by atoms with Gasteiger partial charge in [-0.3, -0.25) is 0 Å². The molecule has 0 spiro atoms. The quantitative estimate of drug-likeness (QED) is 0.865. The molecule has 1 aliphatic heterocycles. The molecule has 1 aromatic heterocycles. The molecule has 0 unspecified atom stereocenters. The predicted octanol–water partition coefficient (Wildman–Crippen LogP) is 2.39. The first-order chi connectivity index (χ1) is 8.51. The molecule has 1 aromatic rings. The third-order valence-corrected chi connectivity index (χ3v) is 2.35. The standard InChI is InChI=1S/C10H16N4.C4H10/c1-3-9-12-7(2)4-10(14-9)13-8-5-11-6-8;1-4(2)3/h4,8,11H,3,5-6H2,1-2H3,(H,12,13,14);4H,1-3H3. The molecule has 4 nitrogen and oxygen atoms in total. The predicted molar refractivity (Wildman–Crippen MR) is 76.9 cm³/mol. The third-order valence-electron chi connectivity index (χ3n) is 2.35. The van der Waals surface area contributed by atoms with E-state index in [-0.39, 0.29) is 0 Å². The molecule has 4 heteroatoms. The van der Waals surface area contributed by atoms with Gasteiger partial charge >= 0.3 is 0 Å². The topological polar surface area (TPSA) is 49.8 Å². The first-order valence-corrected chi connectivity index (χ1v) is 6.83. The molecule has 18 heavy (non-hydrogen) atoms. The molecule has 0 saturated carbocycles. The molecular weight excluding hydrogens is 224 g/mol. The van der Waals surface area contributed by atoms with E-state index in [1.165, 1.54) is 0 Å². The number of aryl methyl sites for hydroxylation is 2. The average molecular weight is 250 g/mol. The number of hydrogen-bond donors (Lipinski definition) is 2. The van der Waals surface area contributed by atoms with Gasteiger partial charge < -0.3 is 10.6 Å². The Bertz CT molecular complexity index is 356. The van der Waals surface area contributed by atoms with E-state index >= 15 is 0 Å². The van der Waals surface area contributed by atoms with Crippen molar-refractivity contribution in [1.29, 1.82) is 0 Å². The van der Waals surface area contributed by atoms with Crippen molar-refractivity contribution in [2.24, 2.45) is 5.92 Å². The van der Waals surface area contributed by atoms with Crippen LogP contribution in [0.5, 0.6) is 0 Å². The van der Waals surface area contributed by atoms with Gasteiger partial charge in [-0.25, -0.2) is 9.97 Å². The Kier molecular flexibility index (Phi) is 6.05. The number of nitrogens with zero attached hydrogens (tertiary/aromatic N) is 2. The first-order valence-electron chi connectivity index (χ1n) is 6.83. The van der Waals surface area contributed by atoms with E-state index in [0.29, 0.717) is 6.04 Å². The molecule has 0 bridgehead atoms. The van der Waals surface area contributed by atoms with Crippen molar-refractivity contribution >= 4 is 5.82 Å². The summed E-state index contributed by atoms with van der Waals surface area (Å²) in [5, 5.41) is 6.60. The fraction of sp³-hybridized carbons (Fsp3) is 0.714. The molecule has 2 N–H and O–H groups in total. The van der Waals surface area contributed by atoms with Gasteiger partial charge in [0.05, 0.1) is 6.04 Å². The van der Waals surface area contributed by atoms with Crippen LogP contribution in [-0.4, -0.2) is 29.1 Å². The molecular formula is C14H26N4. The number of rotatable bonds is 3. The van der Waals surface area contributed by atoms with Gasteiger partial charge in [0.1, 0.15) is 11.6 Å². The monoisotopic (exact) mass is 250 g/mol. The highest BCUT2D eigenvalue weighted by molar-refractivity contribution is 5.37.